The van der Waals surface area contributed by atoms with Gasteiger partial charge in [0.15, 0.2) is 0 Å². The predicted octanol–water partition coefficient (Wildman–Crippen LogP) is 4.06. The van der Waals surface area contributed by atoms with Crippen LogP contribution in [0.4, 0.5) is 5.69 Å². The number of hydrogen-bond donors (Lipinski definition) is 1. The third-order valence-corrected chi connectivity index (χ3v) is 2.80. The topological polar surface area (TPSA) is 12.0 Å². The minimum Gasteiger partial charge on any atom is -0.379 e. The number of anilines is 1. The zero-order chi connectivity index (χ0) is 10.4. The van der Waals surface area contributed by atoms with Crippen LogP contribution in [0.5, 0.6) is 0 Å². The lowest BCUT2D eigenvalue weighted by Crippen LogP contribution is -2.15. The molecule has 76 valence electrons. The van der Waals surface area contributed by atoms with Gasteiger partial charge in [0.2, 0.25) is 0 Å². The SMILES string of the molecule is C=C[C@@H](CCC)Nc1ccc(I)cc1. The Morgan fingerprint density at radius 3 is 2.57 bits per heavy atom. The first kappa shape index (κ1) is 11.6. The van der Waals surface area contributed by atoms with Crippen molar-refractivity contribution in [1.29, 1.82) is 0 Å². The lowest BCUT2D eigenvalue weighted by molar-refractivity contribution is 0.741. The van der Waals surface area contributed by atoms with E-state index in [0.29, 0.717) is 6.04 Å². The number of rotatable bonds is 5. The van der Waals surface area contributed by atoms with Crippen molar-refractivity contribution in [2.45, 2.75) is 25.8 Å². The van der Waals surface area contributed by atoms with Crippen LogP contribution in [0.3, 0.4) is 0 Å². The second-order valence-electron chi connectivity index (χ2n) is 3.28. The quantitative estimate of drug-likeness (QED) is 0.639. The number of benzene rings is 1. The van der Waals surface area contributed by atoms with Gasteiger partial charge in [0, 0.05) is 15.3 Å². The van der Waals surface area contributed by atoms with Gasteiger partial charge in [0.1, 0.15) is 0 Å². The van der Waals surface area contributed by atoms with Crippen molar-refractivity contribution in [3.05, 3.63) is 40.5 Å². The molecule has 1 rings (SSSR count). The molecular formula is C12H16IN. The average molecular weight is 301 g/mol. The maximum Gasteiger partial charge on any atom is 0.0441 e. The van der Waals surface area contributed by atoms with E-state index in [1.54, 1.807) is 0 Å². The fraction of sp³-hybridized carbons (Fsp3) is 0.333. The van der Waals surface area contributed by atoms with Gasteiger partial charge < -0.3 is 5.32 Å². The Morgan fingerprint density at radius 1 is 1.43 bits per heavy atom. The molecule has 0 bridgehead atoms. The van der Waals surface area contributed by atoms with Crippen molar-refractivity contribution in [3.8, 4) is 0 Å². The van der Waals surface area contributed by atoms with Crippen molar-refractivity contribution in [1.82, 2.24) is 0 Å². The third-order valence-electron chi connectivity index (χ3n) is 2.08. The molecule has 0 aliphatic carbocycles. The van der Waals surface area contributed by atoms with Gasteiger partial charge in [-0.05, 0) is 53.3 Å². The average Bonchev–Trinajstić information content (AvgIpc) is 2.20. The standard InChI is InChI=1S/C12H16IN/c1-3-5-11(4-2)14-12-8-6-10(13)7-9-12/h4,6-9,11,14H,2-3,5H2,1H3/t11-/m0/s1. The molecule has 0 saturated carbocycles. The fourth-order valence-electron chi connectivity index (χ4n) is 1.32. The second kappa shape index (κ2) is 6.06. The summed E-state index contributed by atoms with van der Waals surface area (Å²) >= 11 is 2.31. The fourth-order valence-corrected chi connectivity index (χ4v) is 1.68. The predicted molar refractivity (Wildman–Crippen MR) is 71.7 cm³/mol. The summed E-state index contributed by atoms with van der Waals surface area (Å²) in [7, 11) is 0. The number of hydrogen-bond acceptors (Lipinski definition) is 1. The largest absolute Gasteiger partial charge is 0.379 e. The Balaban J connectivity index is 2.57. The summed E-state index contributed by atoms with van der Waals surface area (Å²) in [4.78, 5) is 0. The third kappa shape index (κ3) is 3.70. The van der Waals surface area contributed by atoms with Crippen molar-refractivity contribution in [2.24, 2.45) is 0 Å². The Morgan fingerprint density at radius 2 is 2.07 bits per heavy atom. The maximum absolute atomic E-state index is 3.83. The zero-order valence-corrected chi connectivity index (χ0v) is 10.6. The molecular weight excluding hydrogens is 285 g/mol. The maximum atomic E-state index is 3.83. The molecule has 1 atom stereocenters. The van der Waals surface area contributed by atoms with Crippen molar-refractivity contribution in [2.75, 3.05) is 5.32 Å². The van der Waals surface area contributed by atoms with Gasteiger partial charge >= 0.3 is 0 Å². The molecule has 0 aliphatic heterocycles. The van der Waals surface area contributed by atoms with Gasteiger partial charge in [-0.1, -0.05) is 19.4 Å². The molecule has 1 aromatic rings. The molecule has 14 heavy (non-hydrogen) atoms. The van der Waals surface area contributed by atoms with Crippen LogP contribution >= 0.6 is 22.6 Å². The van der Waals surface area contributed by atoms with Crippen molar-refractivity contribution in [3.63, 3.8) is 0 Å². The minimum atomic E-state index is 0.389. The second-order valence-corrected chi connectivity index (χ2v) is 4.53. The van der Waals surface area contributed by atoms with Crippen LogP contribution < -0.4 is 5.32 Å². The Bertz CT molecular complexity index is 279. The molecule has 0 unspecified atom stereocenters. The first-order valence-electron chi connectivity index (χ1n) is 4.91. The van der Waals surface area contributed by atoms with E-state index in [0.717, 1.165) is 6.42 Å². The summed E-state index contributed by atoms with van der Waals surface area (Å²) < 4.78 is 1.26. The summed E-state index contributed by atoms with van der Waals surface area (Å²) in [5.41, 5.74) is 1.17. The molecule has 0 radical (unpaired) electrons. The smallest absolute Gasteiger partial charge is 0.0441 e. The molecule has 1 N–H and O–H groups in total. The minimum absolute atomic E-state index is 0.389. The van der Waals surface area contributed by atoms with E-state index in [-0.39, 0.29) is 0 Å². The molecule has 0 heterocycles. The van der Waals surface area contributed by atoms with E-state index in [1.165, 1.54) is 15.7 Å². The highest BCUT2D eigenvalue weighted by molar-refractivity contribution is 14.1. The van der Waals surface area contributed by atoms with E-state index in [1.807, 2.05) is 6.08 Å². The lowest BCUT2D eigenvalue weighted by Gasteiger charge is -2.14. The van der Waals surface area contributed by atoms with Gasteiger partial charge in [-0.2, -0.15) is 0 Å². The highest BCUT2D eigenvalue weighted by Gasteiger charge is 2.01. The molecule has 0 aliphatic rings. The number of nitrogens with one attached hydrogen (secondary N) is 1. The summed E-state index contributed by atoms with van der Waals surface area (Å²) in [6.07, 6.45) is 4.28. The Hall–Kier alpha value is -0.510. The van der Waals surface area contributed by atoms with E-state index in [4.69, 9.17) is 0 Å². The van der Waals surface area contributed by atoms with Crippen LogP contribution in [0.1, 0.15) is 19.8 Å². The number of halogens is 1. The monoisotopic (exact) mass is 301 g/mol. The van der Waals surface area contributed by atoms with Crippen LogP contribution in [-0.4, -0.2) is 6.04 Å². The van der Waals surface area contributed by atoms with E-state index in [9.17, 15) is 0 Å². The van der Waals surface area contributed by atoms with Gasteiger partial charge in [0.05, 0.1) is 0 Å². The molecule has 0 aromatic heterocycles. The van der Waals surface area contributed by atoms with Gasteiger partial charge in [-0.3, -0.25) is 0 Å². The highest BCUT2D eigenvalue weighted by atomic mass is 127. The van der Waals surface area contributed by atoms with Crippen LogP contribution in [-0.2, 0) is 0 Å². The molecule has 0 saturated heterocycles. The molecule has 0 fully saturated rings. The van der Waals surface area contributed by atoms with Crippen LogP contribution in [0.25, 0.3) is 0 Å². The van der Waals surface area contributed by atoms with Crippen molar-refractivity contribution < 1.29 is 0 Å². The first-order valence-corrected chi connectivity index (χ1v) is 5.98. The highest BCUT2D eigenvalue weighted by Crippen LogP contribution is 2.13. The normalized spacial score (nSPS) is 12.1. The molecule has 1 aromatic carbocycles. The van der Waals surface area contributed by atoms with Gasteiger partial charge in [-0.25, -0.2) is 0 Å². The molecule has 1 nitrogen and oxygen atoms in total. The van der Waals surface area contributed by atoms with E-state index < -0.39 is 0 Å². The molecule has 0 spiro atoms. The van der Waals surface area contributed by atoms with Gasteiger partial charge in [-0.15, -0.1) is 6.58 Å². The summed E-state index contributed by atoms with van der Waals surface area (Å²) in [5.74, 6) is 0. The Kier molecular flexibility index (Phi) is 5.01. The Labute approximate surface area is 99.7 Å². The summed E-state index contributed by atoms with van der Waals surface area (Å²) in [5, 5.41) is 3.44. The zero-order valence-electron chi connectivity index (χ0n) is 8.46. The van der Waals surface area contributed by atoms with Crippen molar-refractivity contribution >= 4 is 28.3 Å². The summed E-state index contributed by atoms with van der Waals surface area (Å²) in [6.45, 7) is 6.02. The van der Waals surface area contributed by atoms with E-state index >= 15 is 0 Å². The first-order chi connectivity index (χ1) is 6.76. The van der Waals surface area contributed by atoms with E-state index in [2.05, 4.69) is 65.7 Å². The lowest BCUT2D eigenvalue weighted by atomic mass is 10.1. The molecule has 2 heteroatoms. The van der Waals surface area contributed by atoms with Crippen LogP contribution in [0.2, 0.25) is 0 Å². The summed E-state index contributed by atoms with van der Waals surface area (Å²) in [6, 6.07) is 8.81. The van der Waals surface area contributed by atoms with Crippen LogP contribution in [0.15, 0.2) is 36.9 Å². The van der Waals surface area contributed by atoms with Crippen LogP contribution in [0, 0.1) is 3.57 Å². The van der Waals surface area contributed by atoms with Gasteiger partial charge in [0.25, 0.3) is 0 Å². The molecule has 0 amide bonds.